The molecule has 1 aromatic carbocycles. The summed E-state index contributed by atoms with van der Waals surface area (Å²) in [5, 5.41) is 9.98. The van der Waals surface area contributed by atoms with Crippen LogP contribution in [0, 0.1) is 0 Å². The molecular formula is C19H27NO8Si. The normalized spacial score (nSPS) is 15.2. The van der Waals surface area contributed by atoms with E-state index in [0.717, 1.165) is 4.90 Å². The molecule has 1 aliphatic rings. The average molecular weight is 426 g/mol. The van der Waals surface area contributed by atoms with Gasteiger partial charge in [-0.15, -0.1) is 0 Å². The van der Waals surface area contributed by atoms with Crippen LogP contribution >= 0.6 is 0 Å². The summed E-state index contributed by atoms with van der Waals surface area (Å²) in [6, 6.07) is 7.10. The quantitative estimate of drug-likeness (QED) is 0.285. The first-order valence-electron chi connectivity index (χ1n) is 9.15. The van der Waals surface area contributed by atoms with Crippen molar-refractivity contribution in [3.8, 4) is 5.75 Å². The molecule has 1 heterocycles. The van der Waals surface area contributed by atoms with Gasteiger partial charge in [0.25, 0.3) is 11.8 Å². The van der Waals surface area contributed by atoms with Crippen LogP contribution in [-0.4, -0.2) is 73.0 Å². The molecule has 29 heavy (non-hydrogen) atoms. The van der Waals surface area contributed by atoms with Crippen LogP contribution in [0.5, 0.6) is 5.75 Å². The van der Waals surface area contributed by atoms with Gasteiger partial charge in [-0.25, -0.2) is 4.90 Å². The molecule has 0 fully saturated rings. The van der Waals surface area contributed by atoms with Crippen molar-refractivity contribution in [3.63, 3.8) is 0 Å². The smallest absolute Gasteiger partial charge is 0.491 e. The van der Waals surface area contributed by atoms with Crippen LogP contribution in [0.15, 0.2) is 36.4 Å². The highest BCUT2D eigenvalue weighted by Crippen LogP contribution is 2.22. The first kappa shape index (κ1) is 23.2. The summed E-state index contributed by atoms with van der Waals surface area (Å²) in [4.78, 5) is 24.4. The molecule has 1 aliphatic heterocycles. The van der Waals surface area contributed by atoms with E-state index in [1.54, 1.807) is 45.6 Å². The zero-order valence-electron chi connectivity index (χ0n) is 16.8. The fourth-order valence-electron chi connectivity index (χ4n) is 2.75. The molecule has 1 unspecified atom stereocenters. The number of hydrogen-bond donors (Lipinski definition) is 1. The van der Waals surface area contributed by atoms with Crippen molar-refractivity contribution in [1.29, 1.82) is 0 Å². The van der Waals surface area contributed by atoms with Gasteiger partial charge in [0.2, 0.25) is 0 Å². The summed E-state index contributed by atoms with van der Waals surface area (Å²) in [5.74, 6) is -0.244. The second kappa shape index (κ2) is 11.2. The summed E-state index contributed by atoms with van der Waals surface area (Å²) in [5.41, 5.74) is 0.462. The Kier molecular flexibility index (Phi) is 8.95. The highest BCUT2D eigenvalue weighted by atomic mass is 28.4. The van der Waals surface area contributed by atoms with Crippen LogP contribution < -0.4 is 9.64 Å². The Morgan fingerprint density at radius 3 is 2.10 bits per heavy atom. The number of amides is 2. The first-order chi connectivity index (χ1) is 13.9. The van der Waals surface area contributed by atoms with Crippen LogP contribution in [0.1, 0.15) is 6.42 Å². The number of ether oxygens (including phenoxy) is 2. The molecule has 0 bridgehead atoms. The third-order valence-electron chi connectivity index (χ3n) is 4.36. The molecule has 9 nitrogen and oxygen atoms in total. The van der Waals surface area contributed by atoms with E-state index in [-0.39, 0.29) is 25.0 Å². The topological polar surface area (TPSA) is 104 Å². The van der Waals surface area contributed by atoms with Gasteiger partial charge in [-0.1, -0.05) is 0 Å². The highest BCUT2D eigenvalue weighted by molar-refractivity contribution is 6.60. The lowest BCUT2D eigenvalue weighted by Crippen LogP contribution is -2.42. The number of hydrogen-bond acceptors (Lipinski definition) is 8. The Morgan fingerprint density at radius 1 is 0.966 bits per heavy atom. The van der Waals surface area contributed by atoms with Gasteiger partial charge >= 0.3 is 8.80 Å². The van der Waals surface area contributed by atoms with Gasteiger partial charge in [0.1, 0.15) is 18.5 Å². The van der Waals surface area contributed by atoms with Gasteiger partial charge in [0, 0.05) is 46.1 Å². The van der Waals surface area contributed by atoms with Crippen LogP contribution in [0.25, 0.3) is 0 Å². The molecule has 10 heteroatoms. The number of rotatable bonds is 13. The van der Waals surface area contributed by atoms with Gasteiger partial charge in [-0.2, -0.15) is 0 Å². The van der Waals surface area contributed by atoms with Crippen LogP contribution in [0.2, 0.25) is 6.04 Å². The van der Waals surface area contributed by atoms with E-state index in [1.807, 2.05) is 0 Å². The minimum atomic E-state index is -2.59. The van der Waals surface area contributed by atoms with Crippen LogP contribution in [0.3, 0.4) is 0 Å². The molecule has 0 aliphatic carbocycles. The maximum absolute atomic E-state index is 11.7. The van der Waals surface area contributed by atoms with E-state index in [1.165, 1.54) is 12.2 Å². The molecule has 0 aromatic heterocycles. The van der Waals surface area contributed by atoms with Gasteiger partial charge in [0.05, 0.1) is 12.3 Å². The number of nitrogens with zero attached hydrogens (tertiary/aromatic N) is 1. The summed E-state index contributed by atoms with van der Waals surface area (Å²) in [6.45, 7) is 0.611. The standard InChI is InChI=1S/C19H27NO8Si/c1-24-29(25-2,26-3)12-4-11-27-13-16(21)14-28-17-7-5-15(6-8-17)20-18(22)9-10-19(20)23/h5-10,16,21H,4,11-14H2,1-3H3. The number of aliphatic hydroxyl groups excluding tert-OH is 1. The van der Waals surface area contributed by atoms with E-state index in [9.17, 15) is 14.7 Å². The number of anilines is 1. The van der Waals surface area contributed by atoms with E-state index in [0.29, 0.717) is 30.5 Å². The Balaban J connectivity index is 1.67. The largest absolute Gasteiger partial charge is 0.500 e. The number of benzene rings is 1. The third kappa shape index (κ3) is 6.46. The Hall–Kier alpha value is -2.08. The Labute approximate surface area is 171 Å². The summed E-state index contributed by atoms with van der Waals surface area (Å²) >= 11 is 0. The number of carbonyl (C=O) groups excluding carboxylic acids is 2. The van der Waals surface area contributed by atoms with Gasteiger partial charge < -0.3 is 27.9 Å². The molecule has 0 saturated carbocycles. The molecule has 160 valence electrons. The van der Waals surface area contributed by atoms with E-state index < -0.39 is 14.9 Å². The molecule has 0 saturated heterocycles. The number of carbonyl (C=O) groups is 2. The first-order valence-corrected chi connectivity index (χ1v) is 11.1. The molecule has 2 rings (SSSR count). The van der Waals surface area contributed by atoms with E-state index in [2.05, 4.69) is 0 Å². The minimum Gasteiger partial charge on any atom is -0.491 e. The fourth-order valence-corrected chi connectivity index (χ4v) is 4.44. The average Bonchev–Trinajstić information content (AvgIpc) is 3.08. The lowest BCUT2D eigenvalue weighted by Gasteiger charge is -2.24. The maximum Gasteiger partial charge on any atom is 0.500 e. The van der Waals surface area contributed by atoms with Crippen LogP contribution in [0.4, 0.5) is 5.69 Å². The van der Waals surface area contributed by atoms with E-state index in [4.69, 9.17) is 22.8 Å². The highest BCUT2D eigenvalue weighted by Gasteiger charge is 2.36. The molecule has 0 radical (unpaired) electrons. The van der Waals surface area contributed by atoms with Crippen molar-refractivity contribution in [2.45, 2.75) is 18.6 Å². The zero-order valence-corrected chi connectivity index (χ0v) is 17.8. The van der Waals surface area contributed by atoms with Gasteiger partial charge in [0.15, 0.2) is 0 Å². The second-order valence-corrected chi connectivity index (χ2v) is 9.37. The molecule has 1 N–H and O–H groups in total. The summed E-state index contributed by atoms with van der Waals surface area (Å²) < 4.78 is 27.0. The fraction of sp³-hybridized carbons (Fsp3) is 0.474. The van der Waals surface area contributed by atoms with Crippen molar-refractivity contribution in [3.05, 3.63) is 36.4 Å². The Bertz CT molecular complexity index is 678. The summed E-state index contributed by atoms with van der Waals surface area (Å²) in [6.07, 6.45) is 2.34. The van der Waals surface area contributed by atoms with Crippen molar-refractivity contribution < 1.29 is 37.4 Å². The van der Waals surface area contributed by atoms with Gasteiger partial charge in [-0.3, -0.25) is 9.59 Å². The van der Waals surface area contributed by atoms with Crippen LogP contribution in [-0.2, 0) is 27.6 Å². The summed E-state index contributed by atoms with van der Waals surface area (Å²) in [7, 11) is 2.09. The van der Waals surface area contributed by atoms with Crippen molar-refractivity contribution in [1.82, 2.24) is 0 Å². The van der Waals surface area contributed by atoms with Crippen molar-refractivity contribution >= 4 is 26.3 Å². The third-order valence-corrected chi connectivity index (χ3v) is 7.19. The molecular weight excluding hydrogens is 398 g/mol. The van der Waals surface area contributed by atoms with E-state index >= 15 is 0 Å². The molecule has 1 atom stereocenters. The van der Waals surface area contributed by atoms with Crippen molar-refractivity contribution in [2.75, 3.05) is 46.0 Å². The number of imide groups is 1. The van der Waals surface area contributed by atoms with Crippen molar-refractivity contribution in [2.24, 2.45) is 0 Å². The number of aliphatic hydroxyl groups is 1. The molecule has 1 aromatic rings. The molecule has 2 amide bonds. The van der Waals surface area contributed by atoms with Gasteiger partial charge in [-0.05, 0) is 30.7 Å². The lowest BCUT2D eigenvalue weighted by atomic mass is 10.2. The zero-order chi connectivity index (χ0) is 21.3. The monoisotopic (exact) mass is 425 g/mol. The second-order valence-electron chi connectivity index (χ2n) is 6.28. The predicted molar refractivity (Wildman–Crippen MR) is 107 cm³/mol. The predicted octanol–water partition coefficient (Wildman–Crippen LogP) is 1.14. The molecule has 0 spiro atoms. The SMILES string of the molecule is CO[Si](CCCOCC(O)COc1ccc(N2C(=O)C=CC2=O)cc1)(OC)OC. The minimum absolute atomic E-state index is 0.0510. The maximum atomic E-state index is 11.7. The Morgan fingerprint density at radius 2 is 1.55 bits per heavy atom. The lowest BCUT2D eigenvalue weighted by molar-refractivity contribution is -0.119.